The van der Waals surface area contributed by atoms with E-state index in [9.17, 15) is 0 Å². The van der Waals surface area contributed by atoms with Crippen molar-refractivity contribution in [2.45, 2.75) is 30.5 Å². The number of methoxy groups -OCH3 is 1. The number of nitrogens with two attached hydrogens (primary N) is 1. The van der Waals surface area contributed by atoms with Gasteiger partial charge in [0.05, 0.1) is 24.2 Å². The quantitative estimate of drug-likeness (QED) is 0.631. The zero-order valence-corrected chi connectivity index (χ0v) is 12.5. The Morgan fingerprint density at radius 2 is 2.35 bits per heavy atom. The molecule has 1 aromatic carbocycles. The van der Waals surface area contributed by atoms with Crippen LogP contribution >= 0.6 is 11.8 Å². The minimum absolute atomic E-state index is 0.685. The molecule has 0 radical (unpaired) electrons. The lowest BCUT2D eigenvalue weighted by Crippen LogP contribution is -2.33. The van der Waals surface area contributed by atoms with Gasteiger partial charge < -0.3 is 15.5 Å². The average Bonchev–Trinajstić information content (AvgIpc) is 2.85. The highest BCUT2D eigenvalue weighted by Crippen LogP contribution is 2.24. The van der Waals surface area contributed by atoms with E-state index in [0.717, 1.165) is 34.1 Å². The largest absolute Gasteiger partial charge is 0.497 e. The van der Waals surface area contributed by atoms with Crippen molar-refractivity contribution in [3.05, 3.63) is 18.2 Å². The highest BCUT2D eigenvalue weighted by atomic mass is 32.2. The Bertz CT molecular complexity index is 630. The molecule has 1 atom stereocenters. The van der Waals surface area contributed by atoms with Crippen molar-refractivity contribution in [1.29, 1.82) is 5.26 Å². The Hall–Kier alpha value is -1.71. The number of aromatic amines is 1. The Morgan fingerprint density at radius 1 is 1.55 bits per heavy atom. The van der Waals surface area contributed by atoms with Crippen molar-refractivity contribution in [2.24, 2.45) is 5.73 Å². The number of nitriles is 1. The van der Waals surface area contributed by atoms with E-state index < -0.39 is 5.54 Å². The molecule has 1 heterocycles. The number of fused-ring (bicyclic) bond motifs is 1. The van der Waals surface area contributed by atoms with Gasteiger partial charge in [0.2, 0.25) is 0 Å². The first-order chi connectivity index (χ1) is 9.54. The van der Waals surface area contributed by atoms with E-state index in [0.29, 0.717) is 6.42 Å². The molecule has 0 saturated heterocycles. The summed E-state index contributed by atoms with van der Waals surface area (Å²) in [4.78, 5) is 7.76. The van der Waals surface area contributed by atoms with Gasteiger partial charge in [0.25, 0.3) is 0 Å². The second-order valence-corrected chi connectivity index (χ2v) is 5.99. The van der Waals surface area contributed by atoms with E-state index in [1.807, 2.05) is 18.2 Å². The maximum absolute atomic E-state index is 8.84. The van der Waals surface area contributed by atoms with Gasteiger partial charge in [-0.05, 0) is 31.9 Å². The number of aromatic nitrogens is 2. The van der Waals surface area contributed by atoms with Gasteiger partial charge >= 0.3 is 0 Å². The predicted octanol–water partition coefficient (Wildman–Crippen LogP) is 2.68. The van der Waals surface area contributed by atoms with Gasteiger partial charge in [-0.2, -0.15) is 5.26 Å². The minimum Gasteiger partial charge on any atom is -0.497 e. The monoisotopic (exact) mass is 290 g/mol. The molecule has 20 heavy (non-hydrogen) atoms. The molecule has 1 aromatic heterocycles. The summed E-state index contributed by atoms with van der Waals surface area (Å²) in [7, 11) is 1.65. The van der Waals surface area contributed by atoms with Crippen molar-refractivity contribution in [1.82, 2.24) is 9.97 Å². The fourth-order valence-corrected chi connectivity index (χ4v) is 2.65. The number of benzene rings is 1. The number of nitrogens with one attached hydrogen (secondary N) is 1. The van der Waals surface area contributed by atoms with E-state index >= 15 is 0 Å². The molecule has 5 nitrogen and oxygen atoms in total. The molecule has 1 unspecified atom stereocenters. The van der Waals surface area contributed by atoms with E-state index in [1.54, 1.807) is 25.8 Å². The molecule has 0 fully saturated rings. The van der Waals surface area contributed by atoms with E-state index in [1.165, 1.54) is 0 Å². The van der Waals surface area contributed by atoms with Crippen LogP contribution in [0.25, 0.3) is 11.0 Å². The summed E-state index contributed by atoms with van der Waals surface area (Å²) >= 11 is 1.64. The summed E-state index contributed by atoms with van der Waals surface area (Å²) in [5.74, 6) is 1.69. The van der Waals surface area contributed by atoms with Crippen LogP contribution in [0.1, 0.15) is 19.8 Å². The molecular weight excluding hydrogens is 272 g/mol. The molecule has 0 amide bonds. The average molecular weight is 290 g/mol. The standard InChI is InChI=1S/C14H18N4OS/c1-14(16,9-15)6-3-7-20-13-17-11-5-4-10(19-2)8-12(11)18-13/h4-5,8H,3,6-7,16H2,1-2H3,(H,17,18). The third-order valence-corrected chi connectivity index (χ3v) is 3.96. The van der Waals surface area contributed by atoms with Crippen molar-refractivity contribution in [3.63, 3.8) is 0 Å². The van der Waals surface area contributed by atoms with Gasteiger partial charge in [0.1, 0.15) is 11.3 Å². The summed E-state index contributed by atoms with van der Waals surface area (Å²) in [5, 5.41) is 9.72. The van der Waals surface area contributed by atoms with Gasteiger partial charge in [-0.3, -0.25) is 0 Å². The van der Waals surface area contributed by atoms with E-state index in [2.05, 4.69) is 16.0 Å². The molecule has 0 aliphatic heterocycles. The summed E-state index contributed by atoms with van der Waals surface area (Å²) < 4.78 is 5.18. The minimum atomic E-state index is -0.734. The molecule has 0 saturated carbocycles. The third-order valence-electron chi connectivity index (χ3n) is 3.00. The second-order valence-electron chi connectivity index (χ2n) is 4.91. The van der Waals surface area contributed by atoms with Crippen LogP contribution in [0.5, 0.6) is 5.75 Å². The topological polar surface area (TPSA) is 87.7 Å². The van der Waals surface area contributed by atoms with Gasteiger partial charge in [-0.25, -0.2) is 4.98 Å². The van der Waals surface area contributed by atoms with Crippen LogP contribution in [0.3, 0.4) is 0 Å². The second kappa shape index (κ2) is 6.16. The Balaban J connectivity index is 1.92. The van der Waals surface area contributed by atoms with Crippen LogP contribution in [0.2, 0.25) is 0 Å². The molecule has 3 N–H and O–H groups in total. The number of ether oxygens (including phenoxy) is 1. The maximum atomic E-state index is 8.84. The Labute approximate surface area is 122 Å². The van der Waals surface area contributed by atoms with E-state index in [4.69, 9.17) is 15.7 Å². The lowest BCUT2D eigenvalue weighted by molar-refractivity contribution is 0.415. The molecule has 0 aliphatic rings. The van der Waals surface area contributed by atoms with Gasteiger partial charge in [-0.1, -0.05) is 11.8 Å². The number of H-pyrrole nitrogens is 1. The van der Waals surface area contributed by atoms with Crippen molar-refractivity contribution >= 4 is 22.8 Å². The fraction of sp³-hybridized carbons (Fsp3) is 0.429. The number of thioether (sulfide) groups is 1. The molecule has 0 aliphatic carbocycles. The zero-order chi connectivity index (χ0) is 14.6. The smallest absolute Gasteiger partial charge is 0.166 e. The van der Waals surface area contributed by atoms with Gasteiger partial charge in [0.15, 0.2) is 5.16 Å². The summed E-state index contributed by atoms with van der Waals surface area (Å²) in [5.41, 5.74) is 6.94. The maximum Gasteiger partial charge on any atom is 0.166 e. The molecule has 0 bridgehead atoms. The summed E-state index contributed by atoms with van der Waals surface area (Å²) in [6.07, 6.45) is 1.57. The molecule has 6 heteroatoms. The van der Waals surface area contributed by atoms with Crippen LogP contribution in [0, 0.1) is 11.3 Å². The highest BCUT2D eigenvalue weighted by Gasteiger charge is 2.16. The number of nitrogens with zero attached hydrogens (tertiary/aromatic N) is 2. The first-order valence-electron chi connectivity index (χ1n) is 6.41. The van der Waals surface area contributed by atoms with Crippen LogP contribution < -0.4 is 10.5 Å². The van der Waals surface area contributed by atoms with Crippen LogP contribution in [-0.2, 0) is 0 Å². The first-order valence-corrected chi connectivity index (χ1v) is 7.39. The van der Waals surface area contributed by atoms with Crippen molar-refractivity contribution in [3.8, 4) is 11.8 Å². The lowest BCUT2D eigenvalue weighted by atomic mass is 10.0. The number of hydrogen-bond donors (Lipinski definition) is 2. The fourth-order valence-electron chi connectivity index (χ4n) is 1.82. The predicted molar refractivity (Wildman–Crippen MR) is 80.8 cm³/mol. The third kappa shape index (κ3) is 3.65. The lowest BCUT2D eigenvalue weighted by Gasteiger charge is -2.13. The molecule has 0 spiro atoms. The molecule has 106 valence electrons. The van der Waals surface area contributed by atoms with Crippen LogP contribution in [0.15, 0.2) is 23.4 Å². The SMILES string of the molecule is COc1ccc2nc(SCCCC(C)(N)C#N)[nH]c2c1. The number of imidazole rings is 1. The van der Waals surface area contributed by atoms with Crippen molar-refractivity contribution in [2.75, 3.05) is 12.9 Å². The summed E-state index contributed by atoms with van der Waals surface area (Å²) in [6, 6.07) is 7.86. The normalized spacial score (nSPS) is 13.9. The molecule has 2 aromatic rings. The summed E-state index contributed by atoms with van der Waals surface area (Å²) in [6.45, 7) is 1.76. The zero-order valence-electron chi connectivity index (χ0n) is 11.6. The van der Waals surface area contributed by atoms with Crippen LogP contribution in [-0.4, -0.2) is 28.4 Å². The Kier molecular flexibility index (Phi) is 4.53. The molecular formula is C14H18N4OS. The van der Waals surface area contributed by atoms with Crippen LogP contribution in [0.4, 0.5) is 0 Å². The number of hydrogen-bond acceptors (Lipinski definition) is 5. The number of rotatable bonds is 6. The van der Waals surface area contributed by atoms with Gasteiger partial charge in [0, 0.05) is 11.8 Å². The van der Waals surface area contributed by atoms with E-state index in [-0.39, 0.29) is 0 Å². The Morgan fingerprint density at radius 3 is 3.05 bits per heavy atom. The first kappa shape index (κ1) is 14.7. The van der Waals surface area contributed by atoms with Crippen molar-refractivity contribution < 1.29 is 4.74 Å². The highest BCUT2D eigenvalue weighted by molar-refractivity contribution is 7.99. The molecule has 2 rings (SSSR count). The van der Waals surface area contributed by atoms with Gasteiger partial charge in [-0.15, -0.1) is 0 Å².